The number of pyridine rings is 1. The molecule has 1 aromatic heterocycles. The van der Waals surface area contributed by atoms with Crippen LogP contribution in [0.2, 0.25) is 0 Å². The van der Waals surface area contributed by atoms with Gasteiger partial charge in [-0.25, -0.2) is 4.98 Å². The molecule has 1 heterocycles. The normalized spacial score (nSPS) is 17.3. The Morgan fingerprint density at radius 2 is 1.87 bits per heavy atom. The van der Waals surface area contributed by atoms with Crippen LogP contribution in [0.1, 0.15) is 30.4 Å². The van der Waals surface area contributed by atoms with Crippen molar-refractivity contribution in [3.05, 3.63) is 77.2 Å². The van der Waals surface area contributed by atoms with Gasteiger partial charge < -0.3 is 9.47 Å². The van der Waals surface area contributed by atoms with Crippen LogP contribution in [0.3, 0.4) is 0 Å². The highest BCUT2D eigenvalue weighted by atomic mass is 16.5. The molecule has 2 aromatic rings. The van der Waals surface area contributed by atoms with Crippen LogP contribution in [0.15, 0.2) is 66.1 Å². The van der Waals surface area contributed by atoms with Gasteiger partial charge in [-0.3, -0.25) is 0 Å². The molecule has 0 fully saturated rings. The fourth-order valence-electron chi connectivity index (χ4n) is 2.82. The second kappa shape index (κ2) is 6.69. The van der Waals surface area contributed by atoms with Crippen LogP contribution in [0.25, 0.3) is 0 Å². The minimum atomic E-state index is 0.113. The Hall–Kier alpha value is -2.55. The van der Waals surface area contributed by atoms with E-state index in [4.69, 9.17) is 9.47 Å². The standard InChI is InChI=1S/C20H21NO2/c1-14-9-10-19(23-16-7-5-4-6-8-16)17(11-14)18-12-15(2)13-21-20(18)22-3/h4-10,12-13,17H,11H2,1-3H3. The number of para-hydroxylation sites is 1. The molecule has 0 aliphatic heterocycles. The molecule has 0 saturated carbocycles. The smallest absolute Gasteiger partial charge is 0.216 e. The van der Waals surface area contributed by atoms with E-state index in [-0.39, 0.29) is 5.92 Å². The molecule has 0 radical (unpaired) electrons. The van der Waals surface area contributed by atoms with E-state index in [1.165, 1.54) is 5.57 Å². The first-order valence-corrected chi connectivity index (χ1v) is 7.78. The third kappa shape index (κ3) is 3.45. The Kier molecular flexibility index (Phi) is 4.47. The summed E-state index contributed by atoms with van der Waals surface area (Å²) in [5.74, 6) is 2.55. The molecule has 0 amide bonds. The Morgan fingerprint density at radius 1 is 1.09 bits per heavy atom. The number of ether oxygens (including phenoxy) is 2. The maximum Gasteiger partial charge on any atom is 0.216 e. The van der Waals surface area contributed by atoms with E-state index >= 15 is 0 Å². The van der Waals surface area contributed by atoms with Crippen molar-refractivity contribution in [3.63, 3.8) is 0 Å². The lowest BCUT2D eigenvalue weighted by atomic mass is 9.87. The predicted octanol–water partition coefficient (Wildman–Crippen LogP) is 4.80. The summed E-state index contributed by atoms with van der Waals surface area (Å²) < 4.78 is 11.6. The van der Waals surface area contributed by atoms with Gasteiger partial charge in [0.05, 0.1) is 13.0 Å². The van der Waals surface area contributed by atoms with Crippen LogP contribution in [0, 0.1) is 6.92 Å². The van der Waals surface area contributed by atoms with Gasteiger partial charge >= 0.3 is 0 Å². The van der Waals surface area contributed by atoms with E-state index in [1.54, 1.807) is 7.11 Å². The SMILES string of the molecule is COc1ncc(C)cc1C1CC(C)=CC=C1Oc1ccccc1. The highest BCUT2D eigenvalue weighted by Crippen LogP contribution is 2.39. The summed E-state index contributed by atoms with van der Waals surface area (Å²) in [5.41, 5.74) is 3.51. The maximum absolute atomic E-state index is 6.14. The Bertz CT molecular complexity index is 747. The summed E-state index contributed by atoms with van der Waals surface area (Å²) in [6, 6.07) is 12.0. The number of aryl methyl sites for hydroxylation is 1. The molecule has 1 unspecified atom stereocenters. The van der Waals surface area contributed by atoms with Crippen LogP contribution in [0.5, 0.6) is 11.6 Å². The minimum absolute atomic E-state index is 0.113. The largest absolute Gasteiger partial charge is 0.481 e. The van der Waals surface area contributed by atoms with Gasteiger partial charge in [-0.15, -0.1) is 0 Å². The number of allylic oxidation sites excluding steroid dienone is 4. The molecule has 1 aliphatic rings. The van der Waals surface area contributed by atoms with E-state index in [1.807, 2.05) is 43.5 Å². The number of nitrogens with zero attached hydrogens (tertiary/aromatic N) is 1. The Morgan fingerprint density at radius 3 is 2.61 bits per heavy atom. The number of rotatable bonds is 4. The lowest BCUT2D eigenvalue weighted by Gasteiger charge is -2.25. The molecule has 0 saturated heterocycles. The third-order valence-corrected chi connectivity index (χ3v) is 3.96. The lowest BCUT2D eigenvalue weighted by molar-refractivity contribution is 0.359. The molecule has 0 N–H and O–H groups in total. The number of hydrogen-bond donors (Lipinski definition) is 0. The van der Waals surface area contributed by atoms with Gasteiger partial charge in [-0.1, -0.05) is 29.8 Å². The first-order chi connectivity index (χ1) is 11.2. The number of benzene rings is 1. The number of hydrogen-bond acceptors (Lipinski definition) is 3. The van der Waals surface area contributed by atoms with Gasteiger partial charge in [0, 0.05) is 11.8 Å². The van der Waals surface area contributed by atoms with E-state index in [2.05, 4.69) is 30.1 Å². The summed E-state index contributed by atoms with van der Waals surface area (Å²) in [6.45, 7) is 4.18. The average molecular weight is 307 g/mol. The minimum Gasteiger partial charge on any atom is -0.481 e. The van der Waals surface area contributed by atoms with E-state index in [9.17, 15) is 0 Å². The van der Waals surface area contributed by atoms with Gasteiger partial charge in [0.1, 0.15) is 11.5 Å². The fourth-order valence-corrected chi connectivity index (χ4v) is 2.82. The van der Waals surface area contributed by atoms with Crippen molar-refractivity contribution < 1.29 is 9.47 Å². The van der Waals surface area contributed by atoms with E-state index in [0.717, 1.165) is 29.1 Å². The van der Waals surface area contributed by atoms with Gasteiger partial charge in [-0.2, -0.15) is 0 Å². The lowest BCUT2D eigenvalue weighted by Crippen LogP contribution is -2.13. The average Bonchev–Trinajstić information content (AvgIpc) is 2.57. The Balaban J connectivity index is 1.98. The molecule has 3 nitrogen and oxygen atoms in total. The zero-order valence-electron chi connectivity index (χ0n) is 13.7. The summed E-state index contributed by atoms with van der Waals surface area (Å²) in [7, 11) is 1.66. The molecule has 3 heteroatoms. The molecule has 118 valence electrons. The monoisotopic (exact) mass is 307 g/mol. The van der Waals surface area contributed by atoms with Crippen molar-refractivity contribution in [2.45, 2.75) is 26.2 Å². The third-order valence-electron chi connectivity index (χ3n) is 3.96. The zero-order chi connectivity index (χ0) is 16.2. The van der Waals surface area contributed by atoms with Crippen molar-refractivity contribution in [2.24, 2.45) is 0 Å². The summed E-state index contributed by atoms with van der Waals surface area (Å²) >= 11 is 0. The molecular formula is C20H21NO2. The van der Waals surface area contributed by atoms with Crippen LogP contribution >= 0.6 is 0 Å². The van der Waals surface area contributed by atoms with Crippen molar-refractivity contribution in [3.8, 4) is 11.6 Å². The van der Waals surface area contributed by atoms with Crippen LogP contribution in [-0.4, -0.2) is 12.1 Å². The second-order valence-corrected chi connectivity index (χ2v) is 5.87. The Labute approximate surface area is 137 Å². The van der Waals surface area contributed by atoms with Crippen molar-refractivity contribution >= 4 is 0 Å². The van der Waals surface area contributed by atoms with Gasteiger partial charge in [0.25, 0.3) is 0 Å². The zero-order valence-corrected chi connectivity index (χ0v) is 13.7. The summed E-state index contributed by atoms with van der Waals surface area (Å²) in [6.07, 6.45) is 6.90. The van der Waals surface area contributed by atoms with Gasteiger partial charge in [-0.05, 0) is 50.1 Å². The van der Waals surface area contributed by atoms with Gasteiger partial charge in [0.15, 0.2) is 0 Å². The predicted molar refractivity (Wildman–Crippen MR) is 91.8 cm³/mol. The van der Waals surface area contributed by atoms with Crippen molar-refractivity contribution in [1.82, 2.24) is 4.98 Å². The number of methoxy groups -OCH3 is 1. The van der Waals surface area contributed by atoms with Gasteiger partial charge in [0.2, 0.25) is 5.88 Å². The van der Waals surface area contributed by atoms with Crippen LogP contribution < -0.4 is 9.47 Å². The molecule has 1 aliphatic carbocycles. The molecular weight excluding hydrogens is 286 g/mol. The maximum atomic E-state index is 6.14. The molecule has 0 bridgehead atoms. The van der Waals surface area contributed by atoms with E-state index in [0.29, 0.717) is 5.88 Å². The topological polar surface area (TPSA) is 31.4 Å². The second-order valence-electron chi connectivity index (χ2n) is 5.87. The highest BCUT2D eigenvalue weighted by molar-refractivity contribution is 5.42. The molecule has 1 aromatic carbocycles. The quantitative estimate of drug-likeness (QED) is 0.813. The van der Waals surface area contributed by atoms with Crippen molar-refractivity contribution in [2.75, 3.05) is 7.11 Å². The molecule has 3 rings (SSSR count). The van der Waals surface area contributed by atoms with Crippen LogP contribution in [0.4, 0.5) is 0 Å². The molecule has 0 spiro atoms. The van der Waals surface area contributed by atoms with Crippen molar-refractivity contribution in [1.29, 1.82) is 0 Å². The molecule has 23 heavy (non-hydrogen) atoms. The highest BCUT2D eigenvalue weighted by Gasteiger charge is 2.26. The first-order valence-electron chi connectivity index (χ1n) is 7.78. The van der Waals surface area contributed by atoms with Crippen LogP contribution in [-0.2, 0) is 0 Å². The summed E-state index contributed by atoms with van der Waals surface area (Å²) in [5, 5.41) is 0. The first kappa shape index (κ1) is 15.3. The number of aromatic nitrogens is 1. The fraction of sp³-hybridized carbons (Fsp3) is 0.250. The van der Waals surface area contributed by atoms with E-state index < -0.39 is 0 Å². The summed E-state index contributed by atoms with van der Waals surface area (Å²) in [4.78, 5) is 4.41. The molecule has 1 atom stereocenters.